The van der Waals surface area contributed by atoms with Crippen molar-refractivity contribution in [1.29, 1.82) is 0 Å². The number of aromatic nitrogens is 1. The highest BCUT2D eigenvalue weighted by Crippen LogP contribution is 2.43. The van der Waals surface area contributed by atoms with Crippen molar-refractivity contribution in [2.75, 3.05) is 13.2 Å². The van der Waals surface area contributed by atoms with Crippen LogP contribution in [-0.4, -0.2) is 24.2 Å². The number of rotatable bonds is 5. The molecule has 0 radical (unpaired) electrons. The van der Waals surface area contributed by atoms with Crippen LogP contribution < -0.4 is 4.74 Å². The molecule has 1 aromatic carbocycles. The Morgan fingerprint density at radius 2 is 2.33 bits per heavy atom. The molecule has 2 aromatic rings. The maximum Gasteiger partial charge on any atom is 0.309 e. The Bertz CT molecular complexity index is 682. The molecule has 4 nitrogen and oxygen atoms in total. The van der Waals surface area contributed by atoms with Gasteiger partial charge in [-0.1, -0.05) is 12.1 Å². The van der Waals surface area contributed by atoms with E-state index in [1.807, 2.05) is 18.2 Å². The molecule has 0 unspecified atom stereocenters. The summed E-state index contributed by atoms with van der Waals surface area (Å²) < 4.78 is 11.4. The fraction of sp³-hybridized carbons (Fsp3) is 0.333. The predicted octanol–water partition coefficient (Wildman–Crippen LogP) is 3.34. The topological polar surface area (TPSA) is 48.4 Å². The summed E-state index contributed by atoms with van der Waals surface area (Å²) in [4.78, 5) is 17.0. The Labute approximate surface area is 132 Å². The molecule has 0 N–H and O–H groups in total. The molecule has 0 aliphatic heterocycles. The van der Waals surface area contributed by atoms with Gasteiger partial charge in [0.2, 0.25) is 0 Å². The van der Waals surface area contributed by atoms with Crippen molar-refractivity contribution < 1.29 is 14.3 Å². The third-order valence-electron chi connectivity index (χ3n) is 3.28. The summed E-state index contributed by atoms with van der Waals surface area (Å²) >= 11 is 5.90. The molecule has 0 bridgehead atoms. The maximum atomic E-state index is 11.3. The van der Waals surface area contributed by atoms with Crippen LogP contribution in [0.15, 0.2) is 22.5 Å². The zero-order chi connectivity index (χ0) is 14.8. The Morgan fingerprint density at radius 3 is 3.14 bits per heavy atom. The van der Waals surface area contributed by atoms with E-state index in [2.05, 4.69) is 17.6 Å². The number of carbonyl (C=O) groups excluding carboxylic acids is 1. The molecule has 0 spiro atoms. The van der Waals surface area contributed by atoms with Gasteiger partial charge in [-0.2, -0.15) is 0 Å². The van der Waals surface area contributed by atoms with Gasteiger partial charge in [0.25, 0.3) is 0 Å². The molecular formula is C15H15NO3S2. The van der Waals surface area contributed by atoms with Crippen molar-refractivity contribution in [1.82, 2.24) is 4.98 Å². The number of hydrogen-bond donors (Lipinski definition) is 1. The summed E-state index contributed by atoms with van der Waals surface area (Å²) in [7, 11) is 0. The second kappa shape index (κ2) is 6.07. The summed E-state index contributed by atoms with van der Waals surface area (Å²) in [6, 6.07) is 5.93. The number of esters is 1. The van der Waals surface area contributed by atoms with Crippen LogP contribution in [0, 0.1) is 0 Å². The van der Waals surface area contributed by atoms with Gasteiger partial charge in [-0.3, -0.25) is 4.79 Å². The molecule has 1 aliphatic carbocycles. The van der Waals surface area contributed by atoms with Gasteiger partial charge in [0.05, 0.1) is 25.3 Å². The van der Waals surface area contributed by atoms with Gasteiger partial charge in [-0.15, -0.1) is 24.0 Å². The molecule has 6 heteroatoms. The van der Waals surface area contributed by atoms with Crippen molar-refractivity contribution in [3.63, 3.8) is 0 Å². The van der Waals surface area contributed by atoms with Crippen molar-refractivity contribution >= 4 is 29.9 Å². The molecule has 0 saturated carbocycles. The number of ether oxygens (including phenoxy) is 2. The van der Waals surface area contributed by atoms with E-state index in [4.69, 9.17) is 9.47 Å². The van der Waals surface area contributed by atoms with Gasteiger partial charge < -0.3 is 9.47 Å². The van der Waals surface area contributed by atoms with Crippen molar-refractivity contribution in [3.8, 4) is 17.0 Å². The van der Waals surface area contributed by atoms with E-state index < -0.39 is 0 Å². The SMILES string of the molecule is CCOC(=O)CCOc1cccc2c1Cc1sc(S)nc1-2. The minimum absolute atomic E-state index is 0.231. The van der Waals surface area contributed by atoms with Gasteiger partial charge >= 0.3 is 5.97 Å². The lowest BCUT2D eigenvalue weighted by molar-refractivity contribution is -0.143. The first-order valence-electron chi connectivity index (χ1n) is 6.78. The lowest BCUT2D eigenvalue weighted by atomic mass is 10.1. The maximum absolute atomic E-state index is 11.3. The fourth-order valence-electron chi connectivity index (χ4n) is 2.41. The molecule has 0 amide bonds. The van der Waals surface area contributed by atoms with Gasteiger partial charge in [0, 0.05) is 22.4 Å². The van der Waals surface area contributed by atoms with E-state index in [1.165, 1.54) is 4.88 Å². The smallest absolute Gasteiger partial charge is 0.309 e. The van der Waals surface area contributed by atoms with Crippen LogP contribution in [0.2, 0.25) is 0 Å². The van der Waals surface area contributed by atoms with E-state index in [9.17, 15) is 4.79 Å². The minimum Gasteiger partial charge on any atom is -0.493 e. The van der Waals surface area contributed by atoms with Gasteiger partial charge in [0.15, 0.2) is 0 Å². The van der Waals surface area contributed by atoms with Gasteiger partial charge in [-0.25, -0.2) is 4.98 Å². The molecule has 0 fully saturated rings. The van der Waals surface area contributed by atoms with Crippen molar-refractivity contribution in [3.05, 3.63) is 28.6 Å². The molecule has 0 atom stereocenters. The first kappa shape index (κ1) is 14.4. The summed E-state index contributed by atoms with van der Waals surface area (Å²) in [5.74, 6) is 0.591. The zero-order valence-electron chi connectivity index (χ0n) is 11.6. The molecule has 1 heterocycles. The molecular weight excluding hydrogens is 306 g/mol. The summed E-state index contributed by atoms with van der Waals surface area (Å²) in [6.07, 6.45) is 1.08. The minimum atomic E-state index is -0.231. The number of fused-ring (bicyclic) bond motifs is 3. The van der Waals surface area contributed by atoms with Crippen molar-refractivity contribution in [2.45, 2.75) is 24.1 Å². The van der Waals surface area contributed by atoms with E-state index in [-0.39, 0.29) is 12.4 Å². The lowest BCUT2D eigenvalue weighted by Gasteiger charge is -2.10. The standard InChI is InChI=1S/C15H15NO3S2/c1-2-18-13(17)6-7-19-11-5-3-4-9-10(11)8-12-14(9)16-15(20)21-12/h3-5H,2,6-8H2,1H3,(H,16,20). The fourth-order valence-corrected chi connectivity index (χ4v) is 3.67. The predicted molar refractivity (Wildman–Crippen MR) is 84.4 cm³/mol. The van der Waals surface area contributed by atoms with Crippen LogP contribution in [0.1, 0.15) is 23.8 Å². The molecule has 3 rings (SSSR count). The summed E-state index contributed by atoms with van der Waals surface area (Å²) in [6.45, 7) is 2.52. The second-order valence-corrected chi connectivity index (χ2v) is 6.44. The average Bonchev–Trinajstić information content (AvgIpc) is 2.96. The third kappa shape index (κ3) is 2.91. The summed E-state index contributed by atoms with van der Waals surface area (Å²) in [5.41, 5.74) is 3.26. The Balaban J connectivity index is 1.72. The Morgan fingerprint density at radius 1 is 1.48 bits per heavy atom. The van der Waals surface area contributed by atoms with E-state index in [0.29, 0.717) is 13.2 Å². The van der Waals surface area contributed by atoms with Crippen LogP contribution >= 0.6 is 24.0 Å². The monoisotopic (exact) mass is 321 g/mol. The highest BCUT2D eigenvalue weighted by Gasteiger charge is 2.25. The highest BCUT2D eigenvalue weighted by atomic mass is 32.2. The van der Waals surface area contributed by atoms with E-state index >= 15 is 0 Å². The van der Waals surface area contributed by atoms with Gasteiger partial charge in [0.1, 0.15) is 10.1 Å². The van der Waals surface area contributed by atoms with E-state index in [0.717, 1.165) is 33.3 Å². The number of nitrogens with zero attached hydrogens (tertiary/aromatic N) is 1. The molecule has 1 aromatic heterocycles. The average molecular weight is 321 g/mol. The molecule has 110 valence electrons. The van der Waals surface area contributed by atoms with Crippen molar-refractivity contribution in [2.24, 2.45) is 0 Å². The third-order valence-corrected chi connectivity index (χ3v) is 4.51. The number of thiazole rings is 1. The van der Waals surface area contributed by atoms with Crippen LogP contribution in [0.3, 0.4) is 0 Å². The Kier molecular flexibility index (Phi) is 4.17. The summed E-state index contributed by atoms with van der Waals surface area (Å²) in [5, 5.41) is 0. The zero-order valence-corrected chi connectivity index (χ0v) is 13.3. The first-order chi connectivity index (χ1) is 10.2. The molecule has 1 aliphatic rings. The highest BCUT2D eigenvalue weighted by molar-refractivity contribution is 7.82. The van der Waals surface area contributed by atoms with Crippen LogP contribution in [0.4, 0.5) is 0 Å². The quantitative estimate of drug-likeness (QED) is 0.578. The van der Waals surface area contributed by atoms with Crippen LogP contribution in [-0.2, 0) is 16.0 Å². The number of carbonyl (C=O) groups is 1. The molecule has 0 saturated heterocycles. The Hall–Kier alpha value is -1.53. The largest absolute Gasteiger partial charge is 0.493 e. The first-order valence-corrected chi connectivity index (χ1v) is 8.04. The number of hydrogen-bond acceptors (Lipinski definition) is 6. The van der Waals surface area contributed by atoms with Crippen LogP contribution in [0.25, 0.3) is 11.3 Å². The number of thiol groups is 1. The lowest BCUT2D eigenvalue weighted by Crippen LogP contribution is -2.10. The number of benzene rings is 1. The van der Waals surface area contributed by atoms with E-state index in [1.54, 1.807) is 18.3 Å². The molecule has 21 heavy (non-hydrogen) atoms. The normalized spacial score (nSPS) is 11.9. The van der Waals surface area contributed by atoms with Gasteiger partial charge in [-0.05, 0) is 13.0 Å². The second-order valence-electron chi connectivity index (χ2n) is 4.63. The van der Waals surface area contributed by atoms with Crippen LogP contribution in [0.5, 0.6) is 5.75 Å².